The topological polar surface area (TPSA) is 46.3 Å². The van der Waals surface area contributed by atoms with E-state index in [2.05, 4.69) is 0 Å². The zero-order valence-corrected chi connectivity index (χ0v) is 8.06. The monoisotopic (exact) mass is 127 g/mol. The van der Waals surface area contributed by atoms with Crippen LogP contribution < -0.4 is 5.73 Å². The largest absolute Gasteiger partial charge is 0.352 e. The number of carbonyl (C=O) groups is 1. The Morgan fingerprint density at radius 2 is 1.71 bits per heavy atom. The van der Waals surface area contributed by atoms with Gasteiger partial charge in [-0.15, -0.1) is 0 Å². The number of primary amides is 1. The molecular formula is C3H8KN2O. The molecule has 0 aliphatic carbocycles. The molecule has 3 nitrogen and oxygen atoms in total. The van der Waals surface area contributed by atoms with Gasteiger partial charge in [0.05, 0.1) is 0 Å². The maximum Gasteiger partial charge on any atom is 0.314 e. The van der Waals surface area contributed by atoms with E-state index in [0.29, 0.717) is 0 Å². The molecule has 0 aliphatic heterocycles. The van der Waals surface area contributed by atoms with Crippen LogP contribution in [0.4, 0.5) is 4.79 Å². The van der Waals surface area contributed by atoms with E-state index >= 15 is 0 Å². The molecule has 2 N–H and O–H groups in total. The second-order valence-electron chi connectivity index (χ2n) is 1.23. The van der Waals surface area contributed by atoms with E-state index in [1.807, 2.05) is 0 Å². The van der Waals surface area contributed by atoms with Crippen LogP contribution in [-0.4, -0.2) is 76.4 Å². The minimum absolute atomic E-state index is 0. The molecule has 1 radical (unpaired) electrons. The summed E-state index contributed by atoms with van der Waals surface area (Å²) in [5.41, 5.74) is 4.72. The van der Waals surface area contributed by atoms with Gasteiger partial charge in [0.1, 0.15) is 0 Å². The van der Waals surface area contributed by atoms with Crippen LogP contribution >= 0.6 is 0 Å². The molecule has 37 valence electrons. The number of amides is 2. The van der Waals surface area contributed by atoms with Crippen molar-refractivity contribution < 1.29 is 4.79 Å². The first kappa shape index (κ1) is 10.8. The fraction of sp³-hybridized carbons (Fsp3) is 0.667. The zero-order valence-electron chi connectivity index (χ0n) is 4.93. The SMILES string of the molecule is CN(C)C(N)=O.[K]. The molecule has 0 fully saturated rings. The van der Waals surface area contributed by atoms with Crippen LogP contribution in [0.25, 0.3) is 0 Å². The van der Waals surface area contributed by atoms with Crippen molar-refractivity contribution in [3.63, 3.8) is 0 Å². The van der Waals surface area contributed by atoms with Gasteiger partial charge in [-0.05, 0) is 0 Å². The number of hydrogen-bond donors (Lipinski definition) is 1. The van der Waals surface area contributed by atoms with Crippen molar-refractivity contribution in [2.45, 2.75) is 0 Å². The average Bonchev–Trinajstić information content (AvgIpc) is 1.36. The predicted octanol–water partition coefficient (Wildman–Crippen LogP) is -0.754. The van der Waals surface area contributed by atoms with Crippen molar-refractivity contribution in [1.29, 1.82) is 0 Å². The normalized spacial score (nSPS) is 6.57. The second-order valence-corrected chi connectivity index (χ2v) is 1.23. The van der Waals surface area contributed by atoms with Crippen molar-refractivity contribution in [3.8, 4) is 0 Å². The van der Waals surface area contributed by atoms with Crippen LogP contribution in [0, 0.1) is 0 Å². The van der Waals surface area contributed by atoms with Crippen molar-refractivity contribution in [2.75, 3.05) is 14.1 Å². The number of urea groups is 1. The quantitative estimate of drug-likeness (QED) is 0.427. The van der Waals surface area contributed by atoms with Gasteiger partial charge in [0.15, 0.2) is 0 Å². The van der Waals surface area contributed by atoms with Gasteiger partial charge in [0.25, 0.3) is 0 Å². The molecule has 0 aromatic carbocycles. The molecule has 7 heavy (non-hydrogen) atoms. The molecule has 2 amide bonds. The molecule has 0 rings (SSSR count). The Kier molecular flexibility index (Phi) is 7.80. The van der Waals surface area contributed by atoms with Crippen molar-refractivity contribution in [2.24, 2.45) is 5.73 Å². The summed E-state index contributed by atoms with van der Waals surface area (Å²) in [4.78, 5) is 11.2. The number of nitrogens with two attached hydrogens (primary N) is 1. The molecule has 0 atom stereocenters. The third kappa shape index (κ3) is 6.91. The third-order valence-corrected chi connectivity index (χ3v) is 0.441. The van der Waals surface area contributed by atoms with Gasteiger partial charge < -0.3 is 10.6 Å². The van der Waals surface area contributed by atoms with Gasteiger partial charge in [-0.3, -0.25) is 0 Å². The summed E-state index contributed by atoms with van der Waals surface area (Å²) in [6.45, 7) is 0. The maximum absolute atomic E-state index is 9.85. The first-order valence-electron chi connectivity index (χ1n) is 1.61. The minimum Gasteiger partial charge on any atom is -0.352 e. The number of hydrogen-bond acceptors (Lipinski definition) is 1. The molecule has 0 aromatic rings. The summed E-state index contributed by atoms with van der Waals surface area (Å²) < 4.78 is 0. The molecule has 0 aromatic heterocycles. The van der Waals surface area contributed by atoms with E-state index in [9.17, 15) is 4.79 Å². The van der Waals surface area contributed by atoms with E-state index in [-0.39, 0.29) is 51.4 Å². The minimum atomic E-state index is -0.407. The number of rotatable bonds is 0. The molecule has 4 heteroatoms. The summed E-state index contributed by atoms with van der Waals surface area (Å²) >= 11 is 0. The van der Waals surface area contributed by atoms with Crippen molar-refractivity contribution >= 4 is 57.4 Å². The summed E-state index contributed by atoms with van der Waals surface area (Å²) in [5, 5.41) is 0. The molecule has 0 bridgehead atoms. The maximum atomic E-state index is 9.85. The third-order valence-electron chi connectivity index (χ3n) is 0.441. The van der Waals surface area contributed by atoms with Crippen LogP contribution in [0.2, 0.25) is 0 Å². The van der Waals surface area contributed by atoms with E-state index in [1.54, 1.807) is 14.1 Å². The standard InChI is InChI=1S/C3H8N2O.K/c1-5(2)3(4)6;/h1-2H3,(H2,4,6);. The van der Waals surface area contributed by atoms with Crippen LogP contribution in [0.5, 0.6) is 0 Å². The first-order valence-corrected chi connectivity index (χ1v) is 1.61. The fourth-order valence-corrected chi connectivity index (χ4v) is 0. The fourth-order valence-electron chi connectivity index (χ4n) is 0. The van der Waals surface area contributed by atoms with E-state index in [0.717, 1.165) is 0 Å². The van der Waals surface area contributed by atoms with E-state index in [1.165, 1.54) is 4.90 Å². The first-order chi connectivity index (χ1) is 2.64. The van der Waals surface area contributed by atoms with Gasteiger partial charge in [-0.25, -0.2) is 4.79 Å². The molecule has 0 saturated carbocycles. The zero-order chi connectivity index (χ0) is 5.15. The smallest absolute Gasteiger partial charge is 0.314 e. The van der Waals surface area contributed by atoms with Crippen LogP contribution in [-0.2, 0) is 0 Å². The van der Waals surface area contributed by atoms with Crippen molar-refractivity contribution in [3.05, 3.63) is 0 Å². The molecule has 0 heterocycles. The van der Waals surface area contributed by atoms with E-state index < -0.39 is 6.03 Å². The Labute approximate surface area is 85.7 Å². The Balaban J connectivity index is 0. The molecule has 0 spiro atoms. The van der Waals surface area contributed by atoms with Gasteiger partial charge in [0, 0.05) is 65.5 Å². The van der Waals surface area contributed by atoms with E-state index in [4.69, 9.17) is 5.73 Å². The van der Waals surface area contributed by atoms with Gasteiger partial charge in [-0.2, -0.15) is 0 Å². The predicted molar refractivity (Wildman–Crippen MR) is 29.0 cm³/mol. The Morgan fingerprint density at radius 3 is 1.71 bits per heavy atom. The average molecular weight is 127 g/mol. The number of nitrogens with zero attached hydrogens (tertiary/aromatic N) is 1. The van der Waals surface area contributed by atoms with Crippen LogP contribution in [0.15, 0.2) is 0 Å². The summed E-state index contributed by atoms with van der Waals surface area (Å²) in [6, 6.07) is -0.407. The molecular weight excluding hydrogens is 119 g/mol. The van der Waals surface area contributed by atoms with Gasteiger partial charge in [-0.1, -0.05) is 0 Å². The number of carbonyl (C=O) groups excluding carboxylic acids is 1. The van der Waals surface area contributed by atoms with Crippen LogP contribution in [0.1, 0.15) is 0 Å². The molecule has 0 unspecified atom stereocenters. The van der Waals surface area contributed by atoms with Crippen molar-refractivity contribution in [1.82, 2.24) is 4.90 Å². The van der Waals surface area contributed by atoms with Gasteiger partial charge in [0.2, 0.25) is 0 Å². The summed E-state index contributed by atoms with van der Waals surface area (Å²) in [6.07, 6.45) is 0. The Morgan fingerprint density at radius 1 is 1.57 bits per heavy atom. The van der Waals surface area contributed by atoms with Crippen LogP contribution in [0.3, 0.4) is 0 Å². The Bertz CT molecular complexity index is 64.0. The molecule has 0 aliphatic rings. The molecule has 0 saturated heterocycles. The Hall–Kier alpha value is 0.906. The van der Waals surface area contributed by atoms with Gasteiger partial charge >= 0.3 is 6.03 Å². The summed E-state index contributed by atoms with van der Waals surface area (Å²) in [5.74, 6) is 0. The summed E-state index contributed by atoms with van der Waals surface area (Å²) in [7, 11) is 3.20. The second kappa shape index (κ2) is 5.05.